The Morgan fingerprint density at radius 1 is 1.05 bits per heavy atom. The minimum atomic E-state index is -0.594. The number of benzene rings is 1. The van der Waals surface area contributed by atoms with Crippen molar-refractivity contribution in [1.82, 2.24) is 4.57 Å². The highest BCUT2D eigenvalue weighted by Gasteiger charge is 2.30. The van der Waals surface area contributed by atoms with Crippen LogP contribution in [0.4, 0.5) is 0 Å². The molecular weight excluding hydrogens is 282 g/mol. The zero-order valence-corrected chi connectivity index (χ0v) is 12.8. The van der Waals surface area contributed by atoms with Crippen molar-refractivity contribution in [3.05, 3.63) is 53.7 Å². The lowest BCUT2D eigenvalue weighted by Gasteiger charge is -2.08. The quantitative estimate of drug-likeness (QED) is 0.814. The molecule has 0 radical (unpaired) electrons. The SMILES string of the molecule is C=Cn1c(C)c(C(=O)OC)c(C(=O)OC)c1-c1ccccc1. The van der Waals surface area contributed by atoms with Crippen LogP contribution in [0.15, 0.2) is 36.9 Å². The first-order chi connectivity index (χ1) is 10.6. The van der Waals surface area contributed by atoms with Gasteiger partial charge in [-0.25, -0.2) is 9.59 Å². The van der Waals surface area contributed by atoms with Crippen LogP contribution in [0.5, 0.6) is 0 Å². The molecule has 0 spiro atoms. The highest BCUT2D eigenvalue weighted by Crippen LogP contribution is 2.33. The normalized spacial score (nSPS) is 10.1. The van der Waals surface area contributed by atoms with E-state index in [1.807, 2.05) is 30.3 Å². The summed E-state index contributed by atoms with van der Waals surface area (Å²) in [5.41, 5.74) is 2.27. The first-order valence-corrected chi connectivity index (χ1v) is 6.66. The predicted molar refractivity (Wildman–Crippen MR) is 83.7 cm³/mol. The van der Waals surface area contributed by atoms with E-state index < -0.39 is 11.9 Å². The van der Waals surface area contributed by atoms with E-state index in [2.05, 4.69) is 6.58 Å². The Kier molecular flexibility index (Phi) is 4.46. The van der Waals surface area contributed by atoms with Crippen LogP contribution in [0.2, 0.25) is 0 Å². The van der Waals surface area contributed by atoms with Crippen LogP contribution in [-0.2, 0) is 9.47 Å². The molecule has 0 unspecified atom stereocenters. The van der Waals surface area contributed by atoms with E-state index >= 15 is 0 Å². The lowest BCUT2D eigenvalue weighted by molar-refractivity contribution is 0.0556. The van der Waals surface area contributed by atoms with E-state index in [1.54, 1.807) is 17.7 Å². The number of rotatable bonds is 4. The zero-order chi connectivity index (χ0) is 16.3. The van der Waals surface area contributed by atoms with Gasteiger partial charge in [0.2, 0.25) is 0 Å². The molecule has 5 nitrogen and oxygen atoms in total. The van der Waals surface area contributed by atoms with Gasteiger partial charge in [-0.15, -0.1) is 0 Å². The number of carbonyl (C=O) groups excluding carboxylic acids is 2. The van der Waals surface area contributed by atoms with Crippen LogP contribution in [0.3, 0.4) is 0 Å². The molecule has 0 fully saturated rings. The summed E-state index contributed by atoms with van der Waals surface area (Å²) in [6.45, 7) is 5.49. The Labute approximate surface area is 128 Å². The largest absolute Gasteiger partial charge is 0.465 e. The average Bonchev–Trinajstić information content (AvgIpc) is 2.86. The second-order valence-corrected chi connectivity index (χ2v) is 4.59. The van der Waals surface area contributed by atoms with Gasteiger partial charge in [0.25, 0.3) is 0 Å². The summed E-state index contributed by atoms with van der Waals surface area (Å²) in [4.78, 5) is 24.4. The molecule has 114 valence electrons. The second kappa shape index (κ2) is 6.30. The van der Waals surface area contributed by atoms with Gasteiger partial charge in [0.1, 0.15) is 5.56 Å². The number of aromatic nitrogens is 1. The van der Waals surface area contributed by atoms with E-state index in [0.717, 1.165) is 5.56 Å². The van der Waals surface area contributed by atoms with Gasteiger partial charge in [-0.3, -0.25) is 0 Å². The summed E-state index contributed by atoms with van der Waals surface area (Å²) in [6.07, 6.45) is 1.55. The van der Waals surface area contributed by atoms with Crippen molar-refractivity contribution in [3.63, 3.8) is 0 Å². The molecule has 0 aliphatic carbocycles. The molecule has 0 aliphatic rings. The third kappa shape index (κ3) is 2.41. The van der Waals surface area contributed by atoms with E-state index in [9.17, 15) is 9.59 Å². The number of hydrogen-bond acceptors (Lipinski definition) is 4. The molecule has 1 aromatic heterocycles. The van der Waals surface area contributed by atoms with Gasteiger partial charge in [0.15, 0.2) is 0 Å². The molecule has 0 amide bonds. The maximum absolute atomic E-state index is 12.3. The van der Waals surface area contributed by atoms with E-state index in [1.165, 1.54) is 14.2 Å². The van der Waals surface area contributed by atoms with Crippen molar-refractivity contribution in [2.24, 2.45) is 0 Å². The summed E-state index contributed by atoms with van der Waals surface area (Å²) < 4.78 is 11.3. The van der Waals surface area contributed by atoms with Gasteiger partial charge in [-0.2, -0.15) is 0 Å². The van der Waals surface area contributed by atoms with Gasteiger partial charge < -0.3 is 14.0 Å². The molecular formula is C17H17NO4. The number of nitrogens with zero attached hydrogens (tertiary/aromatic N) is 1. The highest BCUT2D eigenvalue weighted by atomic mass is 16.5. The second-order valence-electron chi connectivity index (χ2n) is 4.59. The Balaban J connectivity index is 2.89. The molecule has 22 heavy (non-hydrogen) atoms. The minimum absolute atomic E-state index is 0.179. The summed E-state index contributed by atoms with van der Waals surface area (Å²) >= 11 is 0. The number of hydrogen-bond donors (Lipinski definition) is 0. The molecule has 0 saturated carbocycles. The molecule has 0 saturated heterocycles. The van der Waals surface area contributed by atoms with Gasteiger partial charge in [0, 0.05) is 11.9 Å². The van der Waals surface area contributed by atoms with Crippen molar-refractivity contribution in [2.45, 2.75) is 6.92 Å². The van der Waals surface area contributed by atoms with Gasteiger partial charge in [-0.05, 0) is 12.5 Å². The molecule has 2 aromatic rings. The Bertz CT molecular complexity index is 729. The maximum atomic E-state index is 12.3. The van der Waals surface area contributed by atoms with Gasteiger partial charge in [0.05, 0.1) is 25.5 Å². The van der Waals surface area contributed by atoms with Crippen molar-refractivity contribution < 1.29 is 19.1 Å². The van der Waals surface area contributed by atoms with Crippen LogP contribution in [0.25, 0.3) is 17.5 Å². The van der Waals surface area contributed by atoms with Crippen LogP contribution >= 0.6 is 0 Å². The fraction of sp³-hybridized carbons (Fsp3) is 0.176. The van der Waals surface area contributed by atoms with Crippen molar-refractivity contribution in [1.29, 1.82) is 0 Å². The first-order valence-electron chi connectivity index (χ1n) is 6.66. The molecule has 2 rings (SSSR count). The van der Waals surface area contributed by atoms with E-state index in [-0.39, 0.29) is 11.1 Å². The van der Waals surface area contributed by atoms with E-state index in [4.69, 9.17) is 9.47 Å². The van der Waals surface area contributed by atoms with Crippen LogP contribution < -0.4 is 0 Å². The fourth-order valence-corrected chi connectivity index (χ4v) is 2.47. The Morgan fingerprint density at radius 2 is 1.59 bits per heavy atom. The zero-order valence-electron chi connectivity index (χ0n) is 12.8. The molecule has 1 aromatic carbocycles. The van der Waals surface area contributed by atoms with E-state index in [0.29, 0.717) is 11.4 Å². The molecule has 5 heteroatoms. The number of esters is 2. The Morgan fingerprint density at radius 3 is 2.09 bits per heavy atom. The summed E-state index contributed by atoms with van der Waals surface area (Å²) in [5, 5.41) is 0. The number of ether oxygens (including phenoxy) is 2. The fourth-order valence-electron chi connectivity index (χ4n) is 2.47. The third-order valence-corrected chi connectivity index (χ3v) is 3.46. The molecule has 0 atom stereocenters. The Hall–Kier alpha value is -2.82. The van der Waals surface area contributed by atoms with Crippen LogP contribution in [0, 0.1) is 6.92 Å². The van der Waals surface area contributed by atoms with Gasteiger partial charge in [-0.1, -0.05) is 36.9 Å². The van der Waals surface area contributed by atoms with Crippen molar-refractivity contribution in [2.75, 3.05) is 14.2 Å². The highest BCUT2D eigenvalue weighted by molar-refractivity contribution is 6.09. The maximum Gasteiger partial charge on any atom is 0.340 e. The topological polar surface area (TPSA) is 57.5 Å². The van der Waals surface area contributed by atoms with Crippen molar-refractivity contribution >= 4 is 18.1 Å². The number of methoxy groups -OCH3 is 2. The standard InChI is InChI=1S/C17H17NO4/c1-5-18-11(2)13(16(19)21-3)14(17(20)22-4)15(18)12-9-7-6-8-10-12/h5-10H,1H2,2-4H3. The lowest BCUT2D eigenvalue weighted by atomic mass is 10.0. The predicted octanol–water partition coefficient (Wildman–Crippen LogP) is 3.14. The smallest absolute Gasteiger partial charge is 0.340 e. The summed E-state index contributed by atoms with van der Waals surface area (Å²) in [6, 6.07) is 9.27. The molecule has 1 heterocycles. The summed E-state index contributed by atoms with van der Waals surface area (Å²) in [5.74, 6) is -1.18. The molecule has 0 N–H and O–H groups in total. The first kappa shape index (κ1) is 15.6. The average molecular weight is 299 g/mol. The molecule has 0 aliphatic heterocycles. The monoisotopic (exact) mass is 299 g/mol. The lowest BCUT2D eigenvalue weighted by Crippen LogP contribution is -2.11. The minimum Gasteiger partial charge on any atom is -0.465 e. The number of carbonyl (C=O) groups is 2. The van der Waals surface area contributed by atoms with Crippen LogP contribution in [-0.4, -0.2) is 30.7 Å². The third-order valence-electron chi connectivity index (χ3n) is 3.46. The van der Waals surface area contributed by atoms with Crippen LogP contribution in [0.1, 0.15) is 26.4 Å². The van der Waals surface area contributed by atoms with Crippen molar-refractivity contribution in [3.8, 4) is 11.3 Å². The molecule has 0 bridgehead atoms. The summed E-state index contributed by atoms with van der Waals surface area (Å²) in [7, 11) is 2.55. The van der Waals surface area contributed by atoms with Gasteiger partial charge >= 0.3 is 11.9 Å².